The summed E-state index contributed by atoms with van der Waals surface area (Å²) >= 11 is 1.87. The van der Waals surface area contributed by atoms with Crippen molar-refractivity contribution in [2.75, 3.05) is 4.90 Å². The topological polar surface area (TPSA) is 12.5 Å². The molecule has 3 heterocycles. The lowest BCUT2D eigenvalue weighted by atomic mass is 9.61. The molecule has 0 fully saturated rings. The van der Waals surface area contributed by atoms with Crippen molar-refractivity contribution in [1.29, 1.82) is 0 Å². The highest BCUT2D eigenvalue weighted by Gasteiger charge is 2.51. The fourth-order valence-electron chi connectivity index (χ4n) is 8.66. The zero-order valence-corrected chi connectivity index (χ0v) is 29.0. The Labute approximate surface area is 306 Å². The van der Waals surface area contributed by atoms with Crippen LogP contribution < -0.4 is 9.64 Å². The average Bonchev–Trinajstić information content (AvgIpc) is 3.59. The molecule has 0 aliphatic carbocycles. The van der Waals surface area contributed by atoms with E-state index in [1.54, 1.807) is 0 Å². The van der Waals surface area contributed by atoms with Crippen molar-refractivity contribution in [3.8, 4) is 33.8 Å². The molecule has 0 unspecified atom stereocenters. The summed E-state index contributed by atoms with van der Waals surface area (Å²) in [5.74, 6) is 1.78. The number of para-hydroxylation sites is 3. The van der Waals surface area contributed by atoms with Gasteiger partial charge in [0.05, 0.1) is 16.8 Å². The van der Waals surface area contributed by atoms with Crippen molar-refractivity contribution >= 4 is 48.6 Å². The minimum atomic E-state index is -0.616. The number of rotatable bonds is 3. The number of benzene rings is 8. The molecule has 0 saturated heterocycles. The molecule has 9 aromatic rings. The summed E-state index contributed by atoms with van der Waals surface area (Å²) < 4.78 is 9.30. The third-order valence-corrected chi connectivity index (χ3v) is 12.1. The highest BCUT2D eigenvalue weighted by molar-refractivity contribution is 7.25. The fraction of sp³-hybridized carbons (Fsp3) is 0.0204. The van der Waals surface area contributed by atoms with E-state index >= 15 is 0 Å². The molecule has 0 N–H and O–H groups in total. The molecule has 52 heavy (non-hydrogen) atoms. The van der Waals surface area contributed by atoms with Gasteiger partial charge in [0.2, 0.25) is 0 Å². The number of anilines is 3. The molecule has 2 nitrogen and oxygen atoms in total. The van der Waals surface area contributed by atoms with Gasteiger partial charge >= 0.3 is 0 Å². The van der Waals surface area contributed by atoms with Crippen LogP contribution in [-0.2, 0) is 5.41 Å². The van der Waals surface area contributed by atoms with Crippen molar-refractivity contribution in [2.45, 2.75) is 5.41 Å². The Kier molecular flexibility index (Phi) is 6.37. The molecule has 0 radical (unpaired) electrons. The quantitative estimate of drug-likeness (QED) is 0.184. The lowest BCUT2D eigenvalue weighted by Gasteiger charge is -2.48. The number of fused-ring (bicyclic) bond motifs is 11. The lowest BCUT2D eigenvalue weighted by Crippen LogP contribution is -2.39. The van der Waals surface area contributed by atoms with E-state index in [4.69, 9.17) is 4.74 Å². The van der Waals surface area contributed by atoms with Crippen molar-refractivity contribution in [3.05, 3.63) is 210 Å². The second-order valence-corrected chi connectivity index (χ2v) is 14.7. The summed E-state index contributed by atoms with van der Waals surface area (Å²) in [5.41, 5.74) is 12.4. The first-order valence-electron chi connectivity index (χ1n) is 17.8. The molecule has 3 heteroatoms. The van der Waals surface area contributed by atoms with Gasteiger partial charge < -0.3 is 9.64 Å². The van der Waals surface area contributed by atoms with E-state index in [0.717, 1.165) is 39.7 Å². The number of hydrogen-bond acceptors (Lipinski definition) is 3. The van der Waals surface area contributed by atoms with Crippen LogP contribution in [0.3, 0.4) is 0 Å². The van der Waals surface area contributed by atoms with Crippen LogP contribution >= 0.6 is 11.3 Å². The number of hydrogen-bond donors (Lipinski definition) is 0. The first kappa shape index (κ1) is 29.3. The molecule has 8 aromatic carbocycles. The van der Waals surface area contributed by atoms with Crippen LogP contribution in [0.2, 0.25) is 0 Å². The maximum Gasteiger partial charge on any atom is 0.132 e. The Morgan fingerprint density at radius 1 is 0.385 bits per heavy atom. The van der Waals surface area contributed by atoms with Gasteiger partial charge in [0.15, 0.2) is 0 Å². The molecular formula is C49H31NOS. The summed E-state index contributed by atoms with van der Waals surface area (Å²) in [6, 6.07) is 68.5. The summed E-state index contributed by atoms with van der Waals surface area (Å²) in [6.45, 7) is 0. The van der Waals surface area contributed by atoms with E-state index in [2.05, 4.69) is 193 Å². The van der Waals surface area contributed by atoms with E-state index < -0.39 is 5.41 Å². The van der Waals surface area contributed by atoms with Crippen LogP contribution in [0.5, 0.6) is 11.5 Å². The Balaban J connectivity index is 1.19. The monoisotopic (exact) mass is 681 g/mol. The summed E-state index contributed by atoms with van der Waals surface area (Å²) in [4.78, 5) is 2.45. The van der Waals surface area contributed by atoms with Crippen LogP contribution in [0.4, 0.5) is 17.1 Å². The second-order valence-electron chi connectivity index (χ2n) is 13.7. The Hall–Kier alpha value is -6.42. The highest BCUT2D eigenvalue weighted by atomic mass is 32.1. The first-order chi connectivity index (χ1) is 25.8. The van der Waals surface area contributed by atoms with Gasteiger partial charge in [-0.1, -0.05) is 133 Å². The fourth-order valence-corrected chi connectivity index (χ4v) is 9.81. The minimum absolute atomic E-state index is 0.616. The van der Waals surface area contributed by atoms with Crippen molar-refractivity contribution in [2.24, 2.45) is 0 Å². The minimum Gasteiger partial charge on any atom is -0.457 e. The van der Waals surface area contributed by atoms with Crippen LogP contribution in [0.15, 0.2) is 188 Å². The van der Waals surface area contributed by atoms with Crippen molar-refractivity contribution in [3.63, 3.8) is 0 Å². The Morgan fingerprint density at radius 2 is 0.942 bits per heavy atom. The van der Waals surface area contributed by atoms with Gasteiger partial charge in [-0.05, 0) is 88.0 Å². The van der Waals surface area contributed by atoms with Crippen LogP contribution in [0, 0.1) is 0 Å². The van der Waals surface area contributed by atoms with Gasteiger partial charge in [0, 0.05) is 37.0 Å². The maximum atomic E-state index is 6.68. The largest absolute Gasteiger partial charge is 0.457 e. The smallest absolute Gasteiger partial charge is 0.132 e. The molecule has 11 rings (SSSR count). The van der Waals surface area contributed by atoms with Gasteiger partial charge in [-0.2, -0.15) is 0 Å². The molecule has 2 aliphatic heterocycles. The predicted octanol–water partition coefficient (Wildman–Crippen LogP) is 13.7. The average molecular weight is 682 g/mol. The van der Waals surface area contributed by atoms with Gasteiger partial charge in [-0.25, -0.2) is 0 Å². The van der Waals surface area contributed by atoms with E-state index in [0.29, 0.717) is 0 Å². The number of ether oxygens (including phenoxy) is 1. The zero-order valence-electron chi connectivity index (χ0n) is 28.2. The van der Waals surface area contributed by atoms with Gasteiger partial charge in [-0.15, -0.1) is 11.3 Å². The zero-order chi connectivity index (χ0) is 34.2. The molecule has 0 amide bonds. The molecule has 0 saturated carbocycles. The van der Waals surface area contributed by atoms with Crippen LogP contribution in [0.25, 0.3) is 42.4 Å². The molecule has 0 atom stereocenters. The van der Waals surface area contributed by atoms with E-state index in [1.807, 2.05) is 11.3 Å². The van der Waals surface area contributed by atoms with Gasteiger partial charge in [0.1, 0.15) is 11.5 Å². The summed E-state index contributed by atoms with van der Waals surface area (Å²) in [6.07, 6.45) is 0. The third-order valence-electron chi connectivity index (χ3n) is 10.9. The van der Waals surface area contributed by atoms with E-state index in [1.165, 1.54) is 53.6 Å². The van der Waals surface area contributed by atoms with Gasteiger partial charge in [-0.3, -0.25) is 0 Å². The Morgan fingerprint density at radius 3 is 1.73 bits per heavy atom. The first-order valence-corrected chi connectivity index (χ1v) is 18.6. The molecular weight excluding hydrogens is 651 g/mol. The standard InChI is InChI=1S/C49H31NOS/c1-2-12-32(13-3-1)33-22-26-36(27-23-33)50-43-18-8-5-15-39(43)49(40-16-6-9-19-45(40)51-46-20-10-7-17-41(46)49)42-30-34(25-29-44(42)50)35-24-28-38-37-14-4-11-21-47(37)52-48(38)31-35/h1-31H. The SMILES string of the molecule is c1ccc(-c2ccc(N3c4ccccc4C4(c5ccccc5Oc5ccccc54)c4cc(-c5ccc6c(c5)sc5ccccc56)ccc43)cc2)cc1. The summed E-state index contributed by atoms with van der Waals surface area (Å²) in [5, 5.41) is 2.63. The van der Waals surface area contributed by atoms with E-state index in [9.17, 15) is 0 Å². The molecule has 1 spiro atoms. The predicted molar refractivity (Wildman–Crippen MR) is 217 cm³/mol. The van der Waals surface area contributed by atoms with Crippen molar-refractivity contribution in [1.82, 2.24) is 0 Å². The van der Waals surface area contributed by atoms with Crippen molar-refractivity contribution < 1.29 is 4.74 Å². The molecule has 2 aliphatic rings. The van der Waals surface area contributed by atoms with Gasteiger partial charge in [0.25, 0.3) is 0 Å². The normalized spacial score (nSPS) is 13.7. The highest BCUT2D eigenvalue weighted by Crippen LogP contribution is 2.63. The maximum absolute atomic E-state index is 6.68. The van der Waals surface area contributed by atoms with Crippen LogP contribution in [-0.4, -0.2) is 0 Å². The molecule has 244 valence electrons. The lowest BCUT2D eigenvalue weighted by molar-refractivity contribution is 0.434. The third kappa shape index (κ3) is 4.17. The number of nitrogens with zero attached hydrogens (tertiary/aromatic N) is 1. The molecule has 1 aromatic heterocycles. The van der Waals surface area contributed by atoms with Crippen LogP contribution in [0.1, 0.15) is 22.3 Å². The Bertz CT molecular complexity index is 2790. The summed E-state index contributed by atoms with van der Waals surface area (Å²) in [7, 11) is 0. The number of thiophene rings is 1. The van der Waals surface area contributed by atoms with E-state index in [-0.39, 0.29) is 0 Å². The molecule has 0 bridgehead atoms. The second kappa shape index (κ2) is 11.3.